The minimum atomic E-state index is -4.02. The Hall–Kier alpha value is -2.23. The lowest BCUT2D eigenvalue weighted by atomic mass is 10.2. The third kappa shape index (κ3) is 2.68. The van der Waals surface area contributed by atoms with E-state index in [0.717, 1.165) is 35.9 Å². The van der Waals surface area contributed by atoms with Crippen LogP contribution in [0.15, 0.2) is 42.5 Å². The Labute approximate surface area is 162 Å². The van der Waals surface area contributed by atoms with Crippen LogP contribution in [0.25, 0.3) is 0 Å². The summed E-state index contributed by atoms with van der Waals surface area (Å²) in [5.74, 6) is -1.66. The van der Waals surface area contributed by atoms with Crippen molar-refractivity contribution in [3.05, 3.63) is 54.1 Å². The van der Waals surface area contributed by atoms with Gasteiger partial charge in [-0.15, -0.1) is 0 Å². The smallest absolute Gasteiger partial charge is 0.311 e. The van der Waals surface area contributed by atoms with Crippen molar-refractivity contribution < 1.29 is 17.2 Å². The molecule has 2 saturated heterocycles. The van der Waals surface area contributed by atoms with Gasteiger partial charge in [-0.05, 0) is 30.7 Å². The van der Waals surface area contributed by atoms with Crippen LogP contribution in [-0.4, -0.2) is 51.6 Å². The van der Waals surface area contributed by atoms with Crippen molar-refractivity contribution >= 4 is 27.3 Å². The van der Waals surface area contributed by atoms with Gasteiger partial charge in [0.05, 0.1) is 17.1 Å². The first-order valence-corrected chi connectivity index (χ1v) is 10.7. The molecule has 0 spiro atoms. The number of hydrogen-bond donors (Lipinski definition) is 1. The average Bonchev–Trinajstić information content (AvgIpc) is 3.32. The molecule has 3 heterocycles. The Bertz CT molecular complexity index is 1030. The number of rotatable bonds is 4. The summed E-state index contributed by atoms with van der Waals surface area (Å²) in [6.45, 7) is 2.73. The number of halogens is 2. The van der Waals surface area contributed by atoms with Gasteiger partial charge in [-0.1, -0.05) is 12.1 Å². The summed E-state index contributed by atoms with van der Waals surface area (Å²) in [5.41, 5.74) is 0.701. The van der Waals surface area contributed by atoms with Crippen molar-refractivity contribution in [1.82, 2.24) is 10.2 Å². The first-order chi connectivity index (χ1) is 13.4. The Kier molecular flexibility index (Phi) is 4.08. The SMILES string of the molecule is O=S1(=O)N(CCN2CC3CC2CN3)c2ccccc2N1c1ccc(F)cc1F. The van der Waals surface area contributed by atoms with Gasteiger partial charge in [-0.2, -0.15) is 8.42 Å². The predicted octanol–water partition coefficient (Wildman–Crippen LogP) is 2.21. The van der Waals surface area contributed by atoms with E-state index in [-0.39, 0.29) is 12.2 Å². The number of benzene rings is 2. The molecule has 0 amide bonds. The molecule has 2 bridgehead atoms. The first-order valence-electron chi connectivity index (χ1n) is 9.29. The monoisotopic (exact) mass is 406 g/mol. The van der Waals surface area contributed by atoms with E-state index in [2.05, 4.69) is 10.2 Å². The van der Waals surface area contributed by atoms with Crippen LogP contribution in [0.3, 0.4) is 0 Å². The molecule has 2 aromatic rings. The van der Waals surface area contributed by atoms with E-state index in [0.29, 0.717) is 36.1 Å². The Balaban J connectivity index is 1.48. The maximum atomic E-state index is 14.4. The number of fused-ring (bicyclic) bond motifs is 3. The molecule has 2 aromatic carbocycles. The lowest BCUT2D eigenvalue weighted by molar-refractivity contribution is 0.233. The molecule has 3 aliphatic heterocycles. The lowest BCUT2D eigenvalue weighted by Gasteiger charge is -2.29. The molecular formula is C19H20F2N4O2S. The summed E-state index contributed by atoms with van der Waals surface area (Å²) in [6, 6.07) is 10.7. The van der Waals surface area contributed by atoms with Crippen LogP contribution in [0.5, 0.6) is 0 Å². The van der Waals surface area contributed by atoms with Gasteiger partial charge in [-0.3, -0.25) is 4.90 Å². The number of hydrogen-bond acceptors (Lipinski definition) is 4. The molecule has 1 N–H and O–H groups in total. The van der Waals surface area contributed by atoms with Crippen molar-refractivity contribution in [1.29, 1.82) is 0 Å². The molecule has 148 valence electrons. The van der Waals surface area contributed by atoms with Gasteiger partial charge in [0.1, 0.15) is 5.82 Å². The van der Waals surface area contributed by atoms with Crippen molar-refractivity contribution in [3.63, 3.8) is 0 Å². The summed E-state index contributed by atoms with van der Waals surface area (Å²) >= 11 is 0. The second kappa shape index (κ2) is 6.40. The highest BCUT2D eigenvalue weighted by Crippen LogP contribution is 2.45. The minimum absolute atomic E-state index is 0.180. The summed E-state index contributed by atoms with van der Waals surface area (Å²) in [6.07, 6.45) is 1.09. The zero-order chi connectivity index (χ0) is 19.5. The van der Waals surface area contributed by atoms with Crippen LogP contribution in [-0.2, 0) is 10.2 Å². The molecule has 0 saturated carbocycles. The van der Waals surface area contributed by atoms with Gasteiger partial charge in [0.25, 0.3) is 0 Å². The summed E-state index contributed by atoms with van der Waals surface area (Å²) in [4.78, 5) is 2.31. The zero-order valence-electron chi connectivity index (χ0n) is 15.1. The van der Waals surface area contributed by atoms with Crippen LogP contribution in [0.2, 0.25) is 0 Å². The second-order valence-electron chi connectivity index (χ2n) is 7.42. The largest absolute Gasteiger partial charge is 0.331 e. The van der Waals surface area contributed by atoms with Crippen molar-refractivity contribution in [2.24, 2.45) is 0 Å². The van der Waals surface area contributed by atoms with Gasteiger partial charge in [0.2, 0.25) is 0 Å². The third-order valence-electron chi connectivity index (χ3n) is 5.77. The van der Waals surface area contributed by atoms with Crippen molar-refractivity contribution in [3.8, 4) is 0 Å². The zero-order valence-corrected chi connectivity index (χ0v) is 15.9. The fourth-order valence-corrected chi connectivity index (χ4v) is 6.18. The molecule has 6 nitrogen and oxygen atoms in total. The number of nitrogens with one attached hydrogen (secondary N) is 1. The average molecular weight is 406 g/mol. The molecule has 0 aromatic heterocycles. The number of para-hydroxylation sites is 2. The van der Waals surface area contributed by atoms with Gasteiger partial charge in [-0.25, -0.2) is 17.4 Å². The second-order valence-corrected chi connectivity index (χ2v) is 9.12. The number of piperazine rings is 1. The maximum absolute atomic E-state index is 14.4. The third-order valence-corrected chi connectivity index (χ3v) is 7.56. The highest BCUT2D eigenvalue weighted by Gasteiger charge is 2.43. The molecule has 28 heavy (non-hydrogen) atoms. The normalized spacial score (nSPS) is 25.5. The Morgan fingerprint density at radius 1 is 1.04 bits per heavy atom. The quantitative estimate of drug-likeness (QED) is 0.846. The van der Waals surface area contributed by atoms with E-state index in [1.807, 2.05) is 0 Å². The molecular weight excluding hydrogens is 386 g/mol. The molecule has 2 unspecified atom stereocenters. The highest BCUT2D eigenvalue weighted by atomic mass is 32.2. The van der Waals surface area contributed by atoms with Gasteiger partial charge in [0, 0.05) is 44.3 Å². The number of likely N-dealkylation sites (tertiary alicyclic amines) is 1. The lowest BCUT2D eigenvalue weighted by Crippen LogP contribution is -2.47. The van der Waals surface area contributed by atoms with E-state index < -0.39 is 21.8 Å². The minimum Gasteiger partial charge on any atom is -0.311 e. The molecule has 3 aliphatic rings. The topological polar surface area (TPSA) is 55.9 Å². The predicted molar refractivity (Wildman–Crippen MR) is 103 cm³/mol. The molecule has 0 radical (unpaired) electrons. The first kappa shape index (κ1) is 17.8. The van der Waals surface area contributed by atoms with Crippen molar-refractivity contribution in [2.45, 2.75) is 18.5 Å². The van der Waals surface area contributed by atoms with Crippen LogP contribution in [0.1, 0.15) is 6.42 Å². The fraction of sp³-hybridized carbons (Fsp3) is 0.368. The van der Waals surface area contributed by atoms with Crippen LogP contribution in [0.4, 0.5) is 25.8 Å². The van der Waals surface area contributed by atoms with Gasteiger partial charge < -0.3 is 5.32 Å². The van der Waals surface area contributed by atoms with E-state index in [1.165, 1.54) is 4.31 Å². The van der Waals surface area contributed by atoms with Crippen molar-refractivity contribution in [2.75, 3.05) is 34.8 Å². The van der Waals surface area contributed by atoms with Crippen LogP contribution >= 0.6 is 0 Å². The van der Waals surface area contributed by atoms with E-state index in [9.17, 15) is 17.2 Å². The number of anilines is 3. The van der Waals surface area contributed by atoms with Crippen LogP contribution in [0, 0.1) is 11.6 Å². The molecule has 2 atom stereocenters. The molecule has 2 fully saturated rings. The summed E-state index contributed by atoms with van der Waals surface area (Å²) in [5, 5.41) is 3.43. The molecule has 0 aliphatic carbocycles. The van der Waals surface area contributed by atoms with Crippen LogP contribution < -0.4 is 13.9 Å². The highest BCUT2D eigenvalue weighted by molar-refractivity contribution is 7.95. The Morgan fingerprint density at radius 2 is 1.82 bits per heavy atom. The van der Waals surface area contributed by atoms with Gasteiger partial charge in [0.15, 0.2) is 5.82 Å². The van der Waals surface area contributed by atoms with E-state index in [4.69, 9.17) is 0 Å². The maximum Gasteiger partial charge on any atom is 0.331 e. The molecule has 9 heteroatoms. The van der Waals surface area contributed by atoms with Gasteiger partial charge >= 0.3 is 10.2 Å². The summed E-state index contributed by atoms with van der Waals surface area (Å²) < 4.78 is 56.7. The van der Waals surface area contributed by atoms with E-state index in [1.54, 1.807) is 24.3 Å². The Morgan fingerprint density at radius 3 is 2.50 bits per heavy atom. The van der Waals surface area contributed by atoms with E-state index >= 15 is 0 Å². The number of nitrogens with zero attached hydrogens (tertiary/aromatic N) is 3. The fourth-order valence-electron chi connectivity index (χ4n) is 4.47. The molecule has 5 rings (SSSR count). The summed E-state index contributed by atoms with van der Waals surface area (Å²) in [7, 11) is -4.02. The standard InChI is InChI=1S/C19H20F2N4O2S/c20-13-5-6-17(16(21)9-13)25-19-4-2-1-3-18(19)24(28(25,26)27)8-7-23-12-14-10-15(23)11-22-14/h1-6,9,14-15,22H,7-8,10-12H2.